The van der Waals surface area contributed by atoms with Crippen LogP contribution in [-0.2, 0) is 41.6 Å². The van der Waals surface area contributed by atoms with Gasteiger partial charge in [0.05, 0.1) is 25.3 Å². The third-order valence-electron chi connectivity index (χ3n) is 8.64. The molecule has 4 aromatic carbocycles. The molecule has 4 atom stereocenters. The van der Waals surface area contributed by atoms with Crippen molar-refractivity contribution in [3.63, 3.8) is 0 Å². The van der Waals surface area contributed by atoms with Gasteiger partial charge in [-0.2, -0.15) is 0 Å². The predicted octanol–water partition coefficient (Wildman–Crippen LogP) is 5.90. The van der Waals surface area contributed by atoms with E-state index in [1.54, 1.807) is 0 Å². The molecule has 4 amide bonds. The van der Waals surface area contributed by atoms with Crippen LogP contribution in [0.15, 0.2) is 121 Å². The van der Waals surface area contributed by atoms with E-state index in [4.69, 9.17) is 18.8 Å². The summed E-state index contributed by atoms with van der Waals surface area (Å²) in [6, 6.07) is 34.4. The zero-order chi connectivity index (χ0) is 39.4. The Balaban J connectivity index is 1.32. The van der Waals surface area contributed by atoms with E-state index in [-0.39, 0.29) is 45.9 Å². The van der Waals surface area contributed by atoms with Gasteiger partial charge in [0.25, 0.3) is 0 Å². The Kier molecular flexibility index (Phi) is 17.2. The highest BCUT2D eigenvalue weighted by Crippen LogP contribution is 2.17. The van der Waals surface area contributed by atoms with Gasteiger partial charge in [0.1, 0.15) is 25.3 Å². The number of nitrogens with one attached hydrogen (secondary N) is 4. The Morgan fingerprint density at radius 1 is 0.491 bits per heavy atom. The molecule has 0 spiro atoms. The number of benzene rings is 4. The maximum absolute atomic E-state index is 13.5. The quantitative estimate of drug-likeness (QED) is 0.0644. The number of amides is 4. The molecule has 0 aliphatic rings. The molecule has 0 aliphatic carbocycles. The van der Waals surface area contributed by atoms with Crippen molar-refractivity contribution in [2.45, 2.75) is 65.1 Å². The fourth-order valence-corrected chi connectivity index (χ4v) is 5.58. The molecule has 13 heteroatoms. The van der Waals surface area contributed by atoms with E-state index in [2.05, 4.69) is 21.3 Å². The maximum Gasteiger partial charge on any atom is 0.438 e. The van der Waals surface area contributed by atoms with Crippen molar-refractivity contribution >= 4 is 31.7 Å². The highest BCUT2D eigenvalue weighted by Gasteiger charge is 2.29. The molecule has 0 saturated heterocycles. The predicted molar refractivity (Wildman–Crippen MR) is 210 cm³/mol. The van der Waals surface area contributed by atoms with E-state index >= 15 is 0 Å². The topological polar surface area (TPSA) is 153 Å². The van der Waals surface area contributed by atoms with Crippen molar-refractivity contribution in [1.29, 1.82) is 0 Å². The summed E-state index contributed by atoms with van der Waals surface area (Å²) in [5.74, 6) is -1.26. The SMILES string of the molecule is CC(C)[C@H](NC(=O)OCc1ccccc1)C(=O)NC(COBOCC(NC(=O)[C@@H](NC(=O)OCc1ccccc1)C(C)C)c1ccccc1)c1ccccc1. The normalized spacial score (nSPS) is 13.1. The average molecular weight is 751 g/mol. The first-order chi connectivity index (χ1) is 26.6. The zero-order valence-corrected chi connectivity index (χ0v) is 31.8. The summed E-state index contributed by atoms with van der Waals surface area (Å²) in [7, 11) is -0.145. The molecule has 0 heterocycles. The highest BCUT2D eigenvalue weighted by atomic mass is 16.6. The van der Waals surface area contributed by atoms with Crippen LogP contribution in [0.5, 0.6) is 0 Å². The first kappa shape index (κ1) is 42.1. The van der Waals surface area contributed by atoms with Gasteiger partial charge < -0.3 is 40.0 Å². The van der Waals surface area contributed by atoms with E-state index in [1.165, 1.54) is 0 Å². The molecule has 0 aromatic heterocycles. The zero-order valence-electron chi connectivity index (χ0n) is 31.8. The highest BCUT2D eigenvalue weighted by molar-refractivity contribution is 6.18. The Bertz CT molecular complexity index is 1620. The van der Waals surface area contributed by atoms with Crippen molar-refractivity contribution in [3.05, 3.63) is 144 Å². The number of ether oxygens (including phenoxy) is 2. The van der Waals surface area contributed by atoms with Gasteiger partial charge in [-0.15, -0.1) is 0 Å². The summed E-state index contributed by atoms with van der Waals surface area (Å²) in [6.07, 6.45) is -1.39. The molecule has 55 heavy (non-hydrogen) atoms. The molecule has 0 fully saturated rings. The molecule has 2 unspecified atom stereocenters. The van der Waals surface area contributed by atoms with E-state index < -0.39 is 48.2 Å². The van der Waals surface area contributed by atoms with Crippen LogP contribution >= 0.6 is 0 Å². The summed E-state index contributed by atoms with van der Waals surface area (Å²) in [5, 5.41) is 11.4. The van der Waals surface area contributed by atoms with Gasteiger partial charge in [-0.1, -0.05) is 149 Å². The van der Waals surface area contributed by atoms with Gasteiger partial charge in [0.15, 0.2) is 0 Å². The minimum atomic E-state index is -0.865. The fourth-order valence-electron chi connectivity index (χ4n) is 5.58. The van der Waals surface area contributed by atoms with Gasteiger partial charge in [-0.25, -0.2) is 9.59 Å². The van der Waals surface area contributed by atoms with E-state index in [0.29, 0.717) is 0 Å². The third-order valence-corrected chi connectivity index (χ3v) is 8.64. The van der Waals surface area contributed by atoms with E-state index in [9.17, 15) is 19.2 Å². The summed E-state index contributed by atoms with van der Waals surface area (Å²) in [6.45, 7) is 7.62. The molecule has 0 saturated carbocycles. The van der Waals surface area contributed by atoms with Crippen LogP contribution in [0.4, 0.5) is 9.59 Å². The molecule has 4 aromatic rings. The van der Waals surface area contributed by atoms with Gasteiger partial charge in [0, 0.05) is 0 Å². The van der Waals surface area contributed by atoms with Crippen LogP contribution in [-0.4, -0.2) is 57.0 Å². The number of alkyl carbamates (subject to hydrolysis) is 2. The van der Waals surface area contributed by atoms with Gasteiger partial charge >= 0.3 is 19.9 Å². The van der Waals surface area contributed by atoms with Crippen molar-refractivity contribution in [2.24, 2.45) is 11.8 Å². The van der Waals surface area contributed by atoms with Gasteiger partial charge in [-0.05, 0) is 34.1 Å². The maximum atomic E-state index is 13.5. The van der Waals surface area contributed by atoms with Crippen LogP contribution in [0.2, 0.25) is 0 Å². The number of rotatable bonds is 20. The second kappa shape index (κ2) is 22.5. The van der Waals surface area contributed by atoms with Crippen molar-refractivity contribution in [2.75, 3.05) is 13.2 Å². The summed E-state index contributed by atoms with van der Waals surface area (Å²) >= 11 is 0. The second-order valence-corrected chi connectivity index (χ2v) is 13.7. The molecule has 290 valence electrons. The number of carbonyl (C=O) groups excluding carboxylic acids is 4. The monoisotopic (exact) mass is 750 g/mol. The molecular formula is C42H51BN4O8. The molecule has 12 nitrogen and oxygen atoms in total. The Labute approximate surface area is 324 Å². The first-order valence-electron chi connectivity index (χ1n) is 18.4. The van der Waals surface area contributed by atoms with Gasteiger partial charge in [-0.3, -0.25) is 9.59 Å². The Morgan fingerprint density at radius 3 is 1.15 bits per heavy atom. The lowest BCUT2D eigenvalue weighted by molar-refractivity contribution is -0.125. The van der Waals surface area contributed by atoms with Crippen LogP contribution in [0.25, 0.3) is 0 Å². The minimum Gasteiger partial charge on any atom is -0.445 e. The van der Waals surface area contributed by atoms with Gasteiger partial charge in [0.2, 0.25) is 11.8 Å². The first-order valence-corrected chi connectivity index (χ1v) is 18.4. The van der Waals surface area contributed by atoms with Crippen LogP contribution in [0.3, 0.4) is 0 Å². The largest absolute Gasteiger partial charge is 0.445 e. The minimum absolute atomic E-state index is 0.0613. The third kappa shape index (κ3) is 14.6. The Hall–Kier alpha value is -5.66. The van der Waals surface area contributed by atoms with Crippen LogP contribution in [0.1, 0.15) is 62.0 Å². The van der Waals surface area contributed by atoms with Crippen molar-refractivity contribution in [3.8, 4) is 0 Å². The lowest BCUT2D eigenvalue weighted by atomic mass is 10.0. The lowest BCUT2D eigenvalue weighted by Gasteiger charge is -2.26. The molecule has 0 bridgehead atoms. The number of hydrogen-bond donors (Lipinski definition) is 4. The second-order valence-electron chi connectivity index (χ2n) is 13.7. The smallest absolute Gasteiger partial charge is 0.438 e. The molecule has 4 N–H and O–H groups in total. The molecule has 0 radical (unpaired) electrons. The fraction of sp³-hybridized carbons (Fsp3) is 0.333. The lowest BCUT2D eigenvalue weighted by Crippen LogP contribution is -2.51. The molecular weight excluding hydrogens is 699 g/mol. The average Bonchev–Trinajstić information content (AvgIpc) is 3.20. The number of hydrogen-bond acceptors (Lipinski definition) is 8. The standard InChI is InChI=1S/C42H51BN4O8/c1-29(2)37(46-41(50)52-25-31-17-9-5-10-18-31)39(48)44-35(33-21-13-7-14-22-33)27-54-43-55-28-36(34-23-15-8-16-24-34)45-40(49)38(30(3)4)47-42(51)53-26-32-19-11-6-12-20-32/h5-24,29-30,35-38,43H,25-28H2,1-4H3,(H,44,48)(H,45,49)(H,46,50)(H,47,51)/t35?,36?,37-,38-/m0/s1. The van der Waals surface area contributed by atoms with Crippen molar-refractivity contribution in [1.82, 2.24) is 21.3 Å². The summed E-state index contributed by atoms with van der Waals surface area (Å²) < 4.78 is 22.6. The van der Waals surface area contributed by atoms with Crippen LogP contribution < -0.4 is 21.3 Å². The van der Waals surface area contributed by atoms with Crippen molar-refractivity contribution < 1.29 is 38.0 Å². The Morgan fingerprint density at radius 2 is 0.818 bits per heavy atom. The number of carbonyl (C=O) groups is 4. The van der Waals surface area contributed by atoms with E-state index in [0.717, 1.165) is 22.3 Å². The molecule has 0 aliphatic heterocycles. The summed E-state index contributed by atoms with van der Waals surface area (Å²) in [4.78, 5) is 52.4. The van der Waals surface area contributed by atoms with Crippen LogP contribution in [0, 0.1) is 11.8 Å². The molecule has 4 rings (SSSR count). The van der Waals surface area contributed by atoms with E-state index in [1.807, 2.05) is 149 Å². The summed E-state index contributed by atoms with van der Waals surface area (Å²) in [5.41, 5.74) is 3.26.